The predicted octanol–water partition coefficient (Wildman–Crippen LogP) is 2.28. The average Bonchev–Trinajstić information content (AvgIpc) is 3.54. The number of fused-ring (bicyclic) bond motifs is 3. The van der Waals surface area contributed by atoms with Gasteiger partial charge in [0.25, 0.3) is 0 Å². The van der Waals surface area contributed by atoms with Gasteiger partial charge in [-0.3, -0.25) is 9.47 Å². The zero-order chi connectivity index (χ0) is 23.9. The Morgan fingerprint density at radius 2 is 1.77 bits per heavy atom. The first-order chi connectivity index (χ1) is 17.0. The molecule has 0 radical (unpaired) electrons. The summed E-state index contributed by atoms with van der Waals surface area (Å²) in [4.78, 5) is 24.8. The van der Waals surface area contributed by atoms with Crippen LogP contribution in [-0.2, 0) is 17.8 Å². The van der Waals surface area contributed by atoms with Crippen LogP contribution in [0.25, 0.3) is 22.4 Å². The molecule has 178 valence electrons. The first kappa shape index (κ1) is 21.6. The van der Waals surface area contributed by atoms with Crippen molar-refractivity contribution in [2.24, 2.45) is 0 Å². The fourth-order valence-corrected chi connectivity index (χ4v) is 4.91. The average molecular weight is 471 g/mol. The molecule has 1 saturated heterocycles. The van der Waals surface area contributed by atoms with Crippen molar-refractivity contribution in [3.8, 4) is 5.69 Å². The first-order valence-electron chi connectivity index (χ1n) is 11.7. The molecule has 2 atom stereocenters. The number of hydrogen-bond donors (Lipinski definition) is 0. The van der Waals surface area contributed by atoms with Gasteiger partial charge in [-0.2, -0.15) is 14.7 Å². The molecule has 4 aromatic heterocycles. The highest BCUT2D eigenvalue weighted by Gasteiger charge is 2.23. The number of hydrogen-bond acceptors (Lipinski definition) is 7. The third-order valence-electron chi connectivity index (χ3n) is 6.33. The lowest BCUT2D eigenvalue weighted by molar-refractivity contribution is -0.0705. The minimum atomic E-state index is -0.266. The topological polar surface area (TPSA) is 95.4 Å². The molecule has 0 aliphatic carbocycles. The van der Waals surface area contributed by atoms with Crippen molar-refractivity contribution in [1.29, 1.82) is 0 Å². The molecule has 35 heavy (non-hydrogen) atoms. The van der Waals surface area contributed by atoms with E-state index in [-0.39, 0.29) is 17.9 Å². The van der Waals surface area contributed by atoms with E-state index in [2.05, 4.69) is 40.0 Å². The number of ether oxygens (including phenoxy) is 1. The van der Waals surface area contributed by atoms with Gasteiger partial charge in [0.1, 0.15) is 12.0 Å². The van der Waals surface area contributed by atoms with E-state index in [4.69, 9.17) is 9.72 Å². The lowest BCUT2D eigenvalue weighted by Gasteiger charge is -2.35. The Balaban J connectivity index is 1.36. The molecule has 10 nitrogen and oxygen atoms in total. The summed E-state index contributed by atoms with van der Waals surface area (Å²) in [7, 11) is 0. The van der Waals surface area contributed by atoms with E-state index >= 15 is 0 Å². The summed E-state index contributed by atoms with van der Waals surface area (Å²) in [6.45, 7) is 7.07. The maximum Gasteiger partial charge on any atom is 0.352 e. The fraction of sp³-hybridized carbons (Fsp3) is 0.320. The quantitative estimate of drug-likeness (QED) is 0.389. The van der Waals surface area contributed by atoms with Crippen molar-refractivity contribution in [3.63, 3.8) is 0 Å². The van der Waals surface area contributed by atoms with Gasteiger partial charge >= 0.3 is 5.69 Å². The number of aromatic nitrogens is 7. The summed E-state index contributed by atoms with van der Waals surface area (Å²) in [6.07, 6.45) is 7.30. The Kier molecular flexibility index (Phi) is 5.39. The minimum Gasteiger partial charge on any atom is -0.373 e. The number of pyridine rings is 1. The second-order valence-electron chi connectivity index (χ2n) is 9.15. The maximum absolute atomic E-state index is 13.3. The molecule has 0 N–H and O–H groups in total. The molecule has 1 aromatic carbocycles. The van der Waals surface area contributed by atoms with Crippen LogP contribution in [0.3, 0.4) is 0 Å². The van der Waals surface area contributed by atoms with Crippen molar-refractivity contribution in [2.75, 3.05) is 13.1 Å². The van der Waals surface area contributed by atoms with Gasteiger partial charge in [-0.05, 0) is 49.2 Å². The summed E-state index contributed by atoms with van der Waals surface area (Å²) < 4.78 is 10.7. The summed E-state index contributed by atoms with van der Waals surface area (Å²) in [5.41, 5.74) is 3.85. The molecular formula is C25H26N8O2. The van der Waals surface area contributed by atoms with Crippen LogP contribution in [0.5, 0.6) is 0 Å². The highest BCUT2D eigenvalue weighted by atomic mass is 16.5. The molecule has 5 aromatic rings. The molecule has 0 unspecified atom stereocenters. The third kappa shape index (κ3) is 4.11. The van der Waals surface area contributed by atoms with Gasteiger partial charge in [0.05, 0.1) is 29.8 Å². The minimum absolute atomic E-state index is 0.195. The van der Waals surface area contributed by atoms with Crippen LogP contribution in [0.2, 0.25) is 0 Å². The highest BCUT2D eigenvalue weighted by molar-refractivity contribution is 5.89. The van der Waals surface area contributed by atoms with E-state index in [1.54, 1.807) is 15.4 Å². The van der Waals surface area contributed by atoms with Crippen molar-refractivity contribution >= 4 is 16.7 Å². The highest BCUT2D eigenvalue weighted by Crippen LogP contribution is 2.20. The molecule has 10 heteroatoms. The summed E-state index contributed by atoms with van der Waals surface area (Å²) >= 11 is 0. The van der Waals surface area contributed by atoms with E-state index in [0.717, 1.165) is 41.8 Å². The monoisotopic (exact) mass is 470 g/mol. The van der Waals surface area contributed by atoms with E-state index in [1.165, 1.54) is 10.8 Å². The van der Waals surface area contributed by atoms with Crippen molar-refractivity contribution < 1.29 is 4.74 Å². The second kappa shape index (κ2) is 8.71. The van der Waals surface area contributed by atoms with E-state index in [9.17, 15) is 4.79 Å². The molecule has 0 saturated carbocycles. The van der Waals surface area contributed by atoms with Crippen molar-refractivity contribution in [1.82, 2.24) is 38.8 Å². The Hall–Kier alpha value is -3.89. The predicted molar refractivity (Wildman–Crippen MR) is 130 cm³/mol. The lowest BCUT2D eigenvalue weighted by atomic mass is 10.1. The van der Waals surface area contributed by atoms with Gasteiger partial charge in [0, 0.05) is 38.2 Å². The number of morpholine rings is 1. The summed E-state index contributed by atoms with van der Waals surface area (Å²) in [6, 6.07) is 11.9. The summed E-state index contributed by atoms with van der Waals surface area (Å²) in [5, 5.41) is 9.26. The van der Waals surface area contributed by atoms with E-state index in [1.807, 2.05) is 42.7 Å². The SMILES string of the molecule is C[C@@H]1CN(Cc2cnc3c(c2)c2ncnn2c(=O)n3Cc2ccc(-n3cccn3)cc2)C[C@H](C)O1. The first-order valence-corrected chi connectivity index (χ1v) is 11.7. The molecule has 6 rings (SSSR count). The number of benzene rings is 1. The maximum atomic E-state index is 13.3. The van der Waals surface area contributed by atoms with Gasteiger partial charge in [-0.1, -0.05) is 12.1 Å². The Morgan fingerprint density at radius 3 is 2.51 bits per heavy atom. The largest absolute Gasteiger partial charge is 0.373 e. The zero-order valence-corrected chi connectivity index (χ0v) is 19.7. The van der Waals surface area contributed by atoms with Gasteiger partial charge in [0.2, 0.25) is 0 Å². The van der Waals surface area contributed by atoms with Crippen LogP contribution >= 0.6 is 0 Å². The van der Waals surface area contributed by atoms with Gasteiger partial charge in [0.15, 0.2) is 5.65 Å². The molecule has 0 spiro atoms. The lowest BCUT2D eigenvalue weighted by Crippen LogP contribution is -2.44. The second-order valence-corrected chi connectivity index (χ2v) is 9.15. The van der Waals surface area contributed by atoms with Crippen LogP contribution in [0.4, 0.5) is 0 Å². The molecule has 1 aliphatic rings. The fourth-order valence-electron chi connectivity index (χ4n) is 4.91. The third-order valence-corrected chi connectivity index (χ3v) is 6.33. The molecule has 1 aliphatic heterocycles. The Bertz CT molecular complexity index is 1530. The number of nitrogens with zero attached hydrogens (tertiary/aromatic N) is 8. The molecule has 0 bridgehead atoms. The van der Waals surface area contributed by atoms with Crippen molar-refractivity contribution in [2.45, 2.75) is 39.1 Å². The normalized spacial score (nSPS) is 19.0. The number of rotatable bonds is 5. The van der Waals surface area contributed by atoms with E-state index in [0.29, 0.717) is 17.8 Å². The van der Waals surface area contributed by atoms with Gasteiger partial charge in [-0.15, -0.1) is 0 Å². The molecule has 1 fully saturated rings. The van der Waals surface area contributed by atoms with Crippen LogP contribution in [0.15, 0.2) is 66.1 Å². The van der Waals surface area contributed by atoms with Crippen LogP contribution in [-0.4, -0.2) is 64.1 Å². The molecule has 0 amide bonds. The van der Waals surface area contributed by atoms with Gasteiger partial charge < -0.3 is 4.74 Å². The Morgan fingerprint density at radius 1 is 0.971 bits per heavy atom. The Labute approximate surface area is 201 Å². The van der Waals surface area contributed by atoms with Crippen molar-refractivity contribution in [3.05, 3.63) is 82.9 Å². The van der Waals surface area contributed by atoms with Crippen LogP contribution < -0.4 is 5.69 Å². The zero-order valence-electron chi connectivity index (χ0n) is 19.7. The van der Waals surface area contributed by atoms with Crippen LogP contribution in [0.1, 0.15) is 25.0 Å². The molecule has 5 heterocycles. The van der Waals surface area contributed by atoms with Gasteiger partial charge in [-0.25, -0.2) is 19.4 Å². The smallest absolute Gasteiger partial charge is 0.352 e. The summed E-state index contributed by atoms with van der Waals surface area (Å²) in [5.74, 6) is 0. The van der Waals surface area contributed by atoms with Crippen LogP contribution in [0, 0.1) is 0 Å². The van der Waals surface area contributed by atoms with E-state index < -0.39 is 0 Å². The standard InChI is InChI=1S/C25H26N8O2/c1-17-12-30(13-18(2)35-17)14-20-10-22-23(26-11-20)31(25(34)33-24(22)27-16-29-33)15-19-4-6-21(7-5-19)32-9-3-8-28-32/h3-11,16-18H,12-15H2,1-2H3/t17-,18+. The molecular weight excluding hydrogens is 444 g/mol.